The Bertz CT molecular complexity index is 3790. The van der Waals surface area contributed by atoms with E-state index in [0.29, 0.717) is 0 Å². The second kappa shape index (κ2) is 14.6. The SMILES string of the molecule is C/C=C\C(=C/C=CN(c1ccc(-c2ccccc2)cc1)c1cccc2c1-c1ccccc1C21c2ccccc2-c2c1ccc1c2oc2ccccc21)c1cccc2c1oc1ccccc12. The average Bonchev–Trinajstić information content (AvgIpc) is 4.11. The summed E-state index contributed by atoms with van der Waals surface area (Å²) < 4.78 is 13.3. The fraction of sp³-hybridized carbons (Fsp3) is 0.0323. The largest absolute Gasteiger partial charge is 0.455 e. The zero-order chi connectivity index (χ0) is 43.1. The summed E-state index contributed by atoms with van der Waals surface area (Å²) in [5, 5.41) is 4.51. The predicted octanol–water partition coefficient (Wildman–Crippen LogP) is 16.8. The molecule has 0 N–H and O–H groups in total. The maximum absolute atomic E-state index is 6.81. The van der Waals surface area contributed by atoms with Gasteiger partial charge in [-0.25, -0.2) is 0 Å². The molecule has 0 bridgehead atoms. The fourth-order valence-electron chi connectivity index (χ4n) is 11.0. The van der Waals surface area contributed by atoms with Gasteiger partial charge in [-0.3, -0.25) is 0 Å². The maximum Gasteiger partial charge on any atom is 0.143 e. The monoisotopic (exact) mass is 831 g/mol. The minimum Gasteiger partial charge on any atom is -0.455 e. The van der Waals surface area contributed by atoms with Gasteiger partial charge in [-0.2, -0.15) is 0 Å². The lowest BCUT2D eigenvalue weighted by Gasteiger charge is -2.31. The highest BCUT2D eigenvalue weighted by molar-refractivity contribution is 6.14. The van der Waals surface area contributed by atoms with Crippen molar-refractivity contribution in [1.29, 1.82) is 0 Å². The molecule has 2 heterocycles. The molecule has 0 saturated heterocycles. The van der Waals surface area contributed by atoms with Crippen LogP contribution in [0.3, 0.4) is 0 Å². The molecule has 11 aromatic rings. The lowest BCUT2D eigenvalue weighted by Crippen LogP contribution is -2.26. The van der Waals surface area contributed by atoms with Crippen LogP contribution >= 0.6 is 0 Å². The Morgan fingerprint density at radius 1 is 0.462 bits per heavy atom. The second-order valence-corrected chi connectivity index (χ2v) is 17.0. The van der Waals surface area contributed by atoms with Gasteiger partial charge in [0.1, 0.15) is 22.3 Å². The first-order valence-corrected chi connectivity index (χ1v) is 22.4. The van der Waals surface area contributed by atoms with E-state index in [1.807, 2.05) is 12.1 Å². The molecule has 13 rings (SSSR count). The Morgan fingerprint density at radius 2 is 1.03 bits per heavy atom. The number of furan rings is 2. The van der Waals surface area contributed by atoms with E-state index in [0.717, 1.165) is 66.4 Å². The van der Waals surface area contributed by atoms with Crippen LogP contribution in [0, 0.1) is 0 Å². The van der Waals surface area contributed by atoms with Crippen molar-refractivity contribution >= 4 is 60.8 Å². The quantitative estimate of drug-likeness (QED) is 0.150. The maximum atomic E-state index is 6.81. The van der Waals surface area contributed by atoms with E-state index in [-0.39, 0.29) is 0 Å². The number of nitrogens with zero attached hydrogens (tertiary/aromatic N) is 1. The van der Waals surface area contributed by atoms with Gasteiger partial charge in [-0.05, 0) is 93.4 Å². The summed E-state index contributed by atoms with van der Waals surface area (Å²) in [7, 11) is 0. The first-order valence-electron chi connectivity index (χ1n) is 22.4. The van der Waals surface area contributed by atoms with E-state index in [4.69, 9.17) is 8.83 Å². The second-order valence-electron chi connectivity index (χ2n) is 17.0. The van der Waals surface area contributed by atoms with Crippen LogP contribution in [0.1, 0.15) is 34.7 Å². The van der Waals surface area contributed by atoms with E-state index >= 15 is 0 Å². The van der Waals surface area contributed by atoms with E-state index in [1.165, 1.54) is 55.6 Å². The van der Waals surface area contributed by atoms with Gasteiger partial charge in [-0.15, -0.1) is 0 Å². The molecule has 306 valence electrons. The summed E-state index contributed by atoms with van der Waals surface area (Å²) in [6, 6.07) is 72.2. The summed E-state index contributed by atoms with van der Waals surface area (Å²) in [4.78, 5) is 2.36. The summed E-state index contributed by atoms with van der Waals surface area (Å²) in [6.07, 6.45) is 10.9. The van der Waals surface area contributed by atoms with Gasteiger partial charge in [0.25, 0.3) is 0 Å². The van der Waals surface area contributed by atoms with Crippen LogP contribution in [0.15, 0.2) is 240 Å². The summed E-state index contributed by atoms with van der Waals surface area (Å²) in [6.45, 7) is 2.07. The first-order chi connectivity index (χ1) is 32.2. The van der Waals surface area contributed by atoms with Crippen molar-refractivity contribution in [2.45, 2.75) is 12.3 Å². The van der Waals surface area contributed by atoms with Crippen molar-refractivity contribution in [2.75, 3.05) is 4.90 Å². The molecule has 1 spiro atoms. The molecule has 0 fully saturated rings. The van der Waals surface area contributed by atoms with E-state index in [9.17, 15) is 0 Å². The van der Waals surface area contributed by atoms with Gasteiger partial charge < -0.3 is 13.7 Å². The average molecular weight is 832 g/mol. The Balaban J connectivity index is 1.03. The molecule has 2 aliphatic carbocycles. The van der Waals surface area contributed by atoms with E-state index in [2.05, 4.69) is 230 Å². The molecule has 0 radical (unpaired) electrons. The van der Waals surface area contributed by atoms with Crippen molar-refractivity contribution in [3.05, 3.63) is 259 Å². The van der Waals surface area contributed by atoms with E-state index < -0.39 is 5.41 Å². The Morgan fingerprint density at radius 3 is 1.77 bits per heavy atom. The van der Waals surface area contributed by atoms with Crippen molar-refractivity contribution in [2.24, 2.45) is 0 Å². The van der Waals surface area contributed by atoms with Crippen molar-refractivity contribution in [3.8, 4) is 33.4 Å². The van der Waals surface area contributed by atoms with Gasteiger partial charge in [-0.1, -0.05) is 188 Å². The highest BCUT2D eigenvalue weighted by Gasteiger charge is 2.53. The third-order valence-corrected chi connectivity index (χ3v) is 13.7. The predicted molar refractivity (Wildman–Crippen MR) is 270 cm³/mol. The van der Waals surface area contributed by atoms with Crippen LogP contribution in [-0.4, -0.2) is 0 Å². The lowest BCUT2D eigenvalue weighted by atomic mass is 9.70. The molecular weight excluding hydrogens is 791 g/mol. The van der Waals surface area contributed by atoms with Crippen LogP contribution in [0.2, 0.25) is 0 Å². The Labute approximate surface area is 377 Å². The highest BCUT2D eigenvalue weighted by atomic mass is 16.3. The summed E-state index contributed by atoms with van der Waals surface area (Å²) >= 11 is 0. The Hall–Kier alpha value is -8.40. The molecule has 3 heteroatoms. The smallest absolute Gasteiger partial charge is 0.143 e. The number of rotatable bonds is 7. The molecule has 1 unspecified atom stereocenters. The van der Waals surface area contributed by atoms with Crippen molar-refractivity contribution in [1.82, 2.24) is 0 Å². The normalized spacial score (nSPS) is 15.2. The number of hydrogen-bond donors (Lipinski definition) is 0. The number of para-hydroxylation sites is 3. The summed E-state index contributed by atoms with van der Waals surface area (Å²) in [5.41, 5.74) is 19.6. The van der Waals surface area contributed by atoms with Crippen molar-refractivity contribution in [3.63, 3.8) is 0 Å². The third-order valence-electron chi connectivity index (χ3n) is 13.7. The molecule has 0 saturated carbocycles. The fourth-order valence-corrected chi connectivity index (χ4v) is 11.0. The molecule has 0 amide bonds. The molecule has 2 aliphatic rings. The number of hydrogen-bond acceptors (Lipinski definition) is 3. The number of anilines is 2. The molecular formula is C62H41NO2. The minimum atomic E-state index is -0.558. The highest BCUT2D eigenvalue weighted by Crippen LogP contribution is 2.65. The molecule has 1 atom stereocenters. The van der Waals surface area contributed by atoms with Crippen LogP contribution in [0.5, 0.6) is 0 Å². The minimum absolute atomic E-state index is 0.558. The number of benzene rings is 9. The van der Waals surface area contributed by atoms with Crippen LogP contribution in [-0.2, 0) is 5.41 Å². The zero-order valence-corrected chi connectivity index (χ0v) is 35.7. The summed E-state index contributed by atoms with van der Waals surface area (Å²) in [5.74, 6) is 0. The molecule has 9 aromatic carbocycles. The molecule has 65 heavy (non-hydrogen) atoms. The zero-order valence-electron chi connectivity index (χ0n) is 35.7. The van der Waals surface area contributed by atoms with E-state index in [1.54, 1.807) is 0 Å². The molecule has 2 aromatic heterocycles. The lowest BCUT2D eigenvalue weighted by molar-refractivity contribution is 0.667. The van der Waals surface area contributed by atoms with Gasteiger partial charge in [0.15, 0.2) is 0 Å². The van der Waals surface area contributed by atoms with Gasteiger partial charge in [0.05, 0.1) is 11.1 Å². The van der Waals surface area contributed by atoms with Crippen molar-refractivity contribution < 1.29 is 8.83 Å². The van der Waals surface area contributed by atoms with Crippen LogP contribution < -0.4 is 4.90 Å². The van der Waals surface area contributed by atoms with Gasteiger partial charge in [0, 0.05) is 50.1 Å². The van der Waals surface area contributed by atoms with Gasteiger partial charge >= 0.3 is 0 Å². The third kappa shape index (κ3) is 5.42. The Kier molecular flexibility index (Phi) is 8.34. The first kappa shape index (κ1) is 37.2. The molecule has 3 nitrogen and oxygen atoms in total. The molecule has 0 aliphatic heterocycles. The van der Waals surface area contributed by atoms with Crippen LogP contribution in [0.25, 0.3) is 82.8 Å². The standard InChI is InChI=1S/C62H41NO2/c1-2-17-42(44-25-14-26-47-45-21-8-12-31-56(45)64-60(44)47)20-16-39-63(43-35-33-41(34-36-43)40-18-4-3-5-19-40)55-30-15-29-53-58(55)49-23-6-10-27-51(49)62(53)52-28-11-7-24-50(52)59-54(62)38-37-48-46-22-9-13-32-57(46)65-61(48)59/h2-39H,1H3/b17-2-,39-16?,42-20+. The number of fused-ring (bicyclic) bond motifs is 17. The van der Waals surface area contributed by atoms with Gasteiger partial charge in [0.2, 0.25) is 0 Å². The number of allylic oxidation sites excluding steroid dienone is 5. The topological polar surface area (TPSA) is 29.5 Å². The van der Waals surface area contributed by atoms with Crippen LogP contribution in [0.4, 0.5) is 11.4 Å².